The van der Waals surface area contributed by atoms with Crippen LogP contribution >= 0.6 is 0 Å². The van der Waals surface area contributed by atoms with E-state index in [1.807, 2.05) is 6.92 Å². The number of anilines is 1. The average Bonchev–Trinajstić information content (AvgIpc) is 2.92. The van der Waals surface area contributed by atoms with Crippen LogP contribution in [0, 0.1) is 6.92 Å². The number of hydrogen-bond acceptors (Lipinski definition) is 4. The molecular weight excluding hydrogens is 334 g/mol. The molecule has 1 aromatic heterocycles. The number of rotatable bonds is 8. The Hall–Kier alpha value is -3.09. The second-order valence-electron chi connectivity index (χ2n) is 5.90. The maximum Gasteiger partial charge on any atom is 0.272 e. The molecule has 0 saturated carbocycles. The van der Waals surface area contributed by atoms with Gasteiger partial charge in [-0.05, 0) is 38.0 Å². The third-order valence-electron chi connectivity index (χ3n) is 3.97. The molecule has 7 heteroatoms. The van der Waals surface area contributed by atoms with Crippen molar-refractivity contribution in [2.75, 3.05) is 11.9 Å². The highest BCUT2D eigenvalue weighted by molar-refractivity contribution is 6.08. The lowest BCUT2D eigenvalue weighted by molar-refractivity contribution is -0.118. The molecule has 2 rings (SSSR count). The number of benzene rings is 1. The number of nitrogens with one attached hydrogen (secondary N) is 2. The van der Waals surface area contributed by atoms with Gasteiger partial charge in [0.1, 0.15) is 11.4 Å². The smallest absolute Gasteiger partial charge is 0.272 e. The molecule has 7 nitrogen and oxygen atoms in total. The number of aryl methyl sites for hydroxylation is 1. The van der Waals surface area contributed by atoms with Crippen LogP contribution < -0.4 is 15.8 Å². The number of carbonyl (C=O) groups excluding carboxylic acids is 3. The van der Waals surface area contributed by atoms with Gasteiger partial charge >= 0.3 is 0 Å². The number of amides is 2. The van der Waals surface area contributed by atoms with Crippen LogP contribution in [0.15, 0.2) is 24.3 Å². The molecule has 0 unspecified atom stereocenters. The lowest BCUT2D eigenvalue weighted by Gasteiger charge is -2.12. The first-order valence-corrected chi connectivity index (χ1v) is 8.39. The van der Waals surface area contributed by atoms with E-state index in [-0.39, 0.29) is 24.7 Å². The van der Waals surface area contributed by atoms with Crippen LogP contribution in [0.25, 0.3) is 0 Å². The Morgan fingerprint density at radius 3 is 2.54 bits per heavy atom. The highest BCUT2D eigenvalue weighted by Crippen LogP contribution is 2.26. The highest BCUT2D eigenvalue weighted by Gasteiger charge is 2.22. The first-order valence-electron chi connectivity index (χ1n) is 8.39. The van der Waals surface area contributed by atoms with Crippen LogP contribution in [-0.4, -0.2) is 29.2 Å². The van der Waals surface area contributed by atoms with Crippen molar-refractivity contribution >= 4 is 23.3 Å². The fourth-order valence-corrected chi connectivity index (χ4v) is 2.84. The Kier molecular flexibility index (Phi) is 6.16. The molecule has 4 N–H and O–H groups in total. The molecule has 2 aromatic rings. The van der Waals surface area contributed by atoms with Crippen molar-refractivity contribution in [1.82, 2.24) is 4.98 Å². The minimum absolute atomic E-state index is 0.0789. The SMILES string of the molecule is CCc1c(C(=O)Nc2ccccc2OCCC(N)=O)[nH]c(C)c1C(C)=O. The normalized spacial score (nSPS) is 10.4. The minimum Gasteiger partial charge on any atom is -0.491 e. The summed E-state index contributed by atoms with van der Waals surface area (Å²) < 4.78 is 5.53. The average molecular weight is 357 g/mol. The van der Waals surface area contributed by atoms with Crippen LogP contribution in [0.3, 0.4) is 0 Å². The maximum absolute atomic E-state index is 12.7. The number of nitrogens with two attached hydrogens (primary N) is 1. The molecule has 0 atom stereocenters. The van der Waals surface area contributed by atoms with Crippen molar-refractivity contribution in [3.63, 3.8) is 0 Å². The summed E-state index contributed by atoms with van der Waals surface area (Å²) in [6, 6.07) is 6.92. The van der Waals surface area contributed by atoms with Crippen LogP contribution in [-0.2, 0) is 11.2 Å². The van der Waals surface area contributed by atoms with E-state index in [2.05, 4.69) is 10.3 Å². The number of Topliss-reactive ketones (excluding diaryl/α,β-unsaturated/α-hetero) is 1. The molecule has 0 spiro atoms. The summed E-state index contributed by atoms with van der Waals surface area (Å²) in [6.45, 7) is 5.28. The van der Waals surface area contributed by atoms with Gasteiger partial charge in [-0.2, -0.15) is 0 Å². The van der Waals surface area contributed by atoms with E-state index in [4.69, 9.17) is 10.5 Å². The van der Waals surface area contributed by atoms with Gasteiger partial charge in [-0.25, -0.2) is 0 Å². The molecule has 0 radical (unpaired) electrons. The third kappa shape index (κ3) is 4.30. The zero-order valence-corrected chi connectivity index (χ0v) is 15.1. The van der Waals surface area contributed by atoms with E-state index < -0.39 is 5.91 Å². The van der Waals surface area contributed by atoms with Gasteiger partial charge in [0.15, 0.2) is 5.78 Å². The van der Waals surface area contributed by atoms with E-state index in [0.29, 0.717) is 40.4 Å². The Morgan fingerprint density at radius 2 is 1.92 bits per heavy atom. The molecule has 0 aliphatic carbocycles. The number of primary amides is 1. The molecule has 0 fully saturated rings. The number of ketones is 1. The standard InChI is InChI=1S/C19H23N3O4/c1-4-13-17(12(3)23)11(2)21-18(13)19(25)22-14-7-5-6-8-15(14)26-10-9-16(20)24/h5-8,21H,4,9-10H2,1-3H3,(H2,20,24)(H,22,25). The molecule has 2 amide bonds. The summed E-state index contributed by atoms with van der Waals surface area (Å²) in [4.78, 5) is 38.4. The fraction of sp³-hybridized carbons (Fsp3) is 0.316. The molecular formula is C19H23N3O4. The van der Waals surface area contributed by atoms with Crippen LogP contribution in [0.1, 0.15) is 52.4 Å². The third-order valence-corrected chi connectivity index (χ3v) is 3.97. The molecule has 0 aliphatic rings. The first-order chi connectivity index (χ1) is 12.3. The Bertz CT molecular complexity index is 839. The number of ether oxygens (including phenoxy) is 1. The van der Waals surface area contributed by atoms with Crippen molar-refractivity contribution in [2.24, 2.45) is 5.73 Å². The summed E-state index contributed by atoms with van der Waals surface area (Å²) >= 11 is 0. The monoisotopic (exact) mass is 357 g/mol. The maximum atomic E-state index is 12.7. The molecule has 1 aromatic carbocycles. The van der Waals surface area contributed by atoms with Crippen molar-refractivity contribution in [3.05, 3.63) is 46.8 Å². The Labute approximate surface area is 151 Å². The summed E-state index contributed by atoms with van der Waals surface area (Å²) in [5.74, 6) is -0.457. The van der Waals surface area contributed by atoms with Crippen LogP contribution in [0.2, 0.25) is 0 Å². The number of aromatic amines is 1. The second-order valence-corrected chi connectivity index (χ2v) is 5.90. The predicted octanol–water partition coefficient (Wildman–Crippen LogP) is 2.59. The van der Waals surface area contributed by atoms with E-state index >= 15 is 0 Å². The van der Waals surface area contributed by atoms with Crippen molar-refractivity contribution in [2.45, 2.75) is 33.6 Å². The van der Waals surface area contributed by atoms with Crippen LogP contribution in [0.5, 0.6) is 5.75 Å². The Morgan fingerprint density at radius 1 is 1.23 bits per heavy atom. The van der Waals surface area contributed by atoms with Gasteiger partial charge in [-0.3, -0.25) is 14.4 Å². The van der Waals surface area contributed by atoms with Crippen LogP contribution in [0.4, 0.5) is 5.69 Å². The number of H-pyrrole nitrogens is 1. The topological polar surface area (TPSA) is 114 Å². The van der Waals surface area contributed by atoms with Gasteiger partial charge < -0.3 is 20.8 Å². The number of carbonyl (C=O) groups is 3. The predicted molar refractivity (Wildman–Crippen MR) is 98.6 cm³/mol. The fourth-order valence-electron chi connectivity index (χ4n) is 2.84. The lowest BCUT2D eigenvalue weighted by Crippen LogP contribution is -2.17. The number of hydrogen-bond donors (Lipinski definition) is 3. The molecule has 1 heterocycles. The quantitative estimate of drug-likeness (QED) is 0.630. The van der Waals surface area contributed by atoms with Gasteiger partial charge in [0.2, 0.25) is 5.91 Å². The van der Waals surface area contributed by atoms with E-state index in [1.165, 1.54) is 6.92 Å². The van der Waals surface area contributed by atoms with Gasteiger partial charge in [-0.15, -0.1) is 0 Å². The highest BCUT2D eigenvalue weighted by atomic mass is 16.5. The van der Waals surface area contributed by atoms with Gasteiger partial charge in [0.25, 0.3) is 5.91 Å². The van der Waals surface area contributed by atoms with Gasteiger partial charge in [0.05, 0.1) is 18.7 Å². The minimum atomic E-state index is -0.460. The van der Waals surface area contributed by atoms with Gasteiger partial charge in [-0.1, -0.05) is 19.1 Å². The van der Waals surface area contributed by atoms with Crippen molar-refractivity contribution in [1.29, 1.82) is 0 Å². The second kappa shape index (κ2) is 8.33. The zero-order valence-electron chi connectivity index (χ0n) is 15.1. The van der Waals surface area contributed by atoms with Gasteiger partial charge in [0, 0.05) is 11.3 Å². The lowest BCUT2D eigenvalue weighted by atomic mass is 10.0. The Balaban J connectivity index is 2.24. The van der Waals surface area contributed by atoms with E-state index in [1.54, 1.807) is 31.2 Å². The zero-order chi connectivity index (χ0) is 19.3. The molecule has 0 saturated heterocycles. The summed E-state index contributed by atoms with van der Waals surface area (Å²) in [6.07, 6.45) is 0.638. The molecule has 26 heavy (non-hydrogen) atoms. The van der Waals surface area contributed by atoms with Crippen molar-refractivity contribution < 1.29 is 19.1 Å². The first kappa shape index (κ1) is 19.2. The number of aromatic nitrogens is 1. The molecule has 0 bridgehead atoms. The largest absolute Gasteiger partial charge is 0.491 e. The summed E-state index contributed by atoms with van der Waals surface area (Å²) in [5.41, 5.74) is 7.86. The van der Waals surface area contributed by atoms with Crippen molar-refractivity contribution in [3.8, 4) is 5.75 Å². The van der Waals surface area contributed by atoms with E-state index in [9.17, 15) is 14.4 Å². The molecule has 138 valence electrons. The van der Waals surface area contributed by atoms with E-state index in [0.717, 1.165) is 0 Å². The summed E-state index contributed by atoms with van der Waals surface area (Å²) in [7, 11) is 0. The number of para-hydroxylation sites is 2. The summed E-state index contributed by atoms with van der Waals surface area (Å²) in [5, 5.41) is 2.80. The molecule has 0 aliphatic heterocycles.